The van der Waals surface area contributed by atoms with Crippen LogP contribution in [-0.2, 0) is 6.54 Å². The average molecular weight is 266 g/mol. The van der Waals surface area contributed by atoms with Gasteiger partial charge >= 0.3 is 0 Å². The summed E-state index contributed by atoms with van der Waals surface area (Å²) in [6.45, 7) is 5.32. The van der Waals surface area contributed by atoms with Gasteiger partial charge in [0, 0.05) is 18.5 Å². The lowest BCUT2D eigenvalue weighted by atomic mass is 9.85. The molecular formula is C16H24ClN. The molecule has 0 bridgehead atoms. The molecule has 1 aromatic carbocycles. The Hall–Kier alpha value is -0.530. The fourth-order valence-electron chi connectivity index (χ4n) is 2.82. The summed E-state index contributed by atoms with van der Waals surface area (Å²) in [5, 5.41) is 3.70. The molecule has 0 saturated heterocycles. The number of halogens is 1. The summed E-state index contributed by atoms with van der Waals surface area (Å²) in [5.74, 6) is 1.46. The monoisotopic (exact) mass is 265 g/mol. The third kappa shape index (κ3) is 3.49. The van der Waals surface area contributed by atoms with Gasteiger partial charge in [-0.15, -0.1) is 11.6 Å². The van der Waals surface area contributed by atoms with Gasteiger partial charge in [-0.2, -0.15) is 0 Å². The Morgan fingerprint density at radius 3 is 2.67 bits per heavy atom. The molecule has 1 aliphatic rings. The molecule has 2 rings (SSSR count). The van der Waals surface area contributed by atoms with E-state index in [1.807, 2.05) is 0 Å². The Balaban J connectivity index is 1.91. The molecule has 2 heteroatoms. The Morgan fingerprint density at radius 2 is 1.94 bits per heavy atom. The van der Waals surface area contributed by atoms with Crippen LogP contribution in [0.5, 0.6) is 0 Å². The molecule has 1 saturated carbocycles. The van der Waals surface area contributed by atoms with Gasteiger partial charge in [0.1, 0.15) is 0 Å². The van der Waals surface area contributed by atoms with E-state index in [0.717, 1.165) is 12.4 Å². The van der Waals surface area contributed by atoms with E-state index in [1.165, 1.54) is 42.4 Å². The SMILES string of the molecule is Cc1ccc(CNC2CCCCC2CCl)cc1C. The van der Waals surface area contributed by atoms with Gasteiger partial charge in [-0.1, -0.05) is 31.0 Å². The van der Waals surface area contributed by atoms with E-state index in [4.69, 9.17) is 11.6 Å². The van der Waals surface area contributed by atoms with Gasteiger partial charge < -0.3 is 5.32 Å². The van der Waals surface area contributed by atoms with Crippen molar-refractivity contribution in [3.8, 4) is 0 Å². The van der Waals surface area contributed by atoms with Crippen molar-refractivity contribution >= 4 is 11.6 Å². The quantitative estimate of drug-likeness (QED) is 0.805. The number of aryl methyl sites for hydroxylation is 2. The molecule has 0 aliphatic heterocycles. The van der Waals surface area contributed by atoms with Crippen molar-refractivity contribution in [2.75, 3.05) is 5.88 Å². The first-order valence-corrected chi connectivity index (χ1v) is 7.59. The number of nitrogens with one attached hydrogen (secondary N) is 1. The van der Waals surface area contributed by atoms with Crippen LogP contribution in [-0.4, -0.2) is 11.9 Å². The van der Waals surface area contributed by atoms with Gasteiger partial charge in [0.2, 0.25) is 0 Å². The van der Waals surface area contributed by atoms with Crippen molar-refractivity contribution in [1.29, 1.82) is 0 Å². The standard InChI is InChI=1S/C16H24ClN/c1-12-7-8-14(9-13(12)2)11-18-16-6-4-3-5-15(16)10-17/h7-9,15-16,18H,3-6,10-11H2,1-2H3. The van der Waals surface area contributed by atoms with Crippen molar-refractivity contribution in [1.82, 2.24) is 5.32 Å². The fourth-order valence-corrected chi connectivity index (χ4v) is 3.19. The lowest BCUT2D eigenvalue weighted by Crippen LogP contribution is -2.38. The highest BCUT2D eigenvalue weighted by Crippen LogP contribution is 2.25. The van der Waals surface area contributed by atoms with Crippen LogP contribution in [0, 0.1) is 19.8 Å². The minimum Gasteiger partial charge on any atom is -0.310 e. The molecule has 1 N–H and O–H groups in total. The third-order valence-electron chi connectivity index (χ3n) is 4.25. The second kappa shape index (κ2) is 6.58. The second-order valence-electron chi connectivity index (χ2n) is 5.60. The van der Waals surface area contributed by atoms with Crippen molar-refractivity contribution < 1.29 is 0 Å². The lowest BCUT2D eigenvalue weighted by molar-refractivity contribution is 0.282. The van der Waals surface area contributed by atoms with E-state index in [9.17, 15) is 0 Å². The molecule has 2 atom stereocenters. The number of benzene rings is 1. The van der Waals surface area contributed by atoms with Crippen molar-refractivity contribution in [3.63, 3.8) is 0 Å². The minimum atomic E-state index is 0.609. The van der Waals surface area contributed by atoms with Gasteiger partial charge in [0.25, 0.3) is 0 Å². The Labute approximate surface area is 116 Å². The minimum absolute atomic E-state index is 0.609. The molecule has 100 valence electrons. The highest BCUT2D eigenvalue weighted by Gasteiger charge is 2.23. The number of rotatable bonds is 4. The first-order chi connectivity index (χ1) is 8.70. The molecule has 2 unspecified atom stereocenters. The van der Waals surface area contributed by atoms with E-state index >= 15 is 0 Å². The van der Waals surface area contributed by atoms with Crippen LogP contribution in [0.25, 0.3) is 0 Å². The number of alkyl halides is 1. The van der Waals surface area contributed by atoms with E-state index in [1.54, 1.807) is 0 Å². The summed E-state index contributed by atoms with van der Waals surface area (Å²) in [5.41, 5.74) is 4.14. The van der Waals surface area contributed by atoms with E-state index in [2.05, 4.69) is 37.4 Å². The third-order valence-corrected chi connectivity index (χ3v) is 4.64. The highest BCUT2D eigenvalue weighted by molar-refractivity contribution is 6.18. The number of hydrogen-bond donors (Lipinski definition) is 1. The van der Waals surface area contributed by atoms with Crippen molar-refractivity contribution in [2.24, 2.45) is 5.92 Å². The highest BCUT2D eigenvalue weighted by atomic mass is 35.5. The molecule has 0 aromatic heterocycles. The summed E-state index contributed by atoms with van der Waals surface area (Å²) >= 11 is 6.06. The summed E-state index contributed by atoms with van der Waals surface area (Å²) in [4.78, 5) is 0. The van der Waals surface area contributed by atoms with Crippen LogP contribution in [0.3, 0.4) is 0 Å². The predicted octanol–water partition coefficient (Wildman–Crippen LogP) is 4.19. The van der Waals surface area contributed by atoms with Gasteiger partial charge in [-0.3, -0.25) is 0 Å². The Kier molecular flexibility index (Phi) is 5.08. The van der Waals surface area contributed by atoms with Crippen molar-refractivity contribution in [3.05, 3.63) is 34.9 Å². The van der Waals surface area contributed by atoms with Crippen molar-refractivity contribution in [2.45, 2.75) is 52.1 Å². The van der Waals surface area contributed by atoms with Crippen LogP contribution < -0.4 is 5.32 Å². The van der Waals surface area contributed by atoms with E-state index in [0.29, 0.717) is 12.0 Å². The van der Waals surface area contributed by atoms with Gasteiger partial charge in [-0.05, 0) is 49.3 Å². The zero-order chi connectivity index (χ0) is 13.0. The number of hydrogen-bond acceptors (Lipinski definition) is 1. The zero-order valence-corrected chi connectivity index (χ0v) is 12.3. The summed E-state index contributed by atoms with van der Waals surface area (Å²) in [6, 6.07) is 7.35. The lowest BCUT2D eigenvalue weighted by Gasteiger charge is -2.31. The first kappa shape index (κ1) is 13.9. The van der Waals surface area contributed by atoms with Crippen LogP contribution in [0.1, 0.15) is 42.4 Å². The maximum atomic E-state index is 6.06. The molecule has 1 nitrogen and oxygen atoms in total. The molecule has 0 heterocycles. The molecule has 1 aromatic rings. The molecule has 0 amide bonds. The van der Waals surface area contributed by atoms with Gasteiger partial charge in [-0.25, -0.2) is 0 Å². The average Bonchev–Trinajstić information content (AvgIpc) is 2.40. The smallest absolute Gasteiger partial charge is 0.0266 e. The van der Waals surface area contributed by atoms with Crippen LogP contribution in [0.15, 0.2) is 18.2 Å². The second-order valence-corrected chi connectivity index (χ2v) is 5.91. The predicted molar refractivity (Wildman–Crippen MR) is 79.2 cm³/mol. The summed E-state index contributed by atoms with van der Waals surface area (Å²) < 4.78 is 0. The summed E-state index contributed by atoms with van der Waals surface area (Å²) in [6.07, 6.45) is 5.26. The Bertz CT molecular complexity index is 389. The zero-order valence-electron chi connectivity index (χ0n) is 11.5. The van der Waals surface area contributed by atoms with Gasteiger partial charge in [0.05, 0.1) is 0 Å². The maximum absolute atomic E-state index is 6.06. The molecule has 1 fully saturated rings. The van der Waals surface area contributed by atoms with Crippen LogP contribution in [0.2, 0.25) is 0 Å². The molecule has 0 spiro atoms. The normalized spacial score (nSPS) is 24.2. The fraction of sp³-hybridized carbons (Fsp3) is 0.625. The first-order valence-electron chi connectivity index (χ1n) is 7.06. The van der Waals surface area contributed by atoms with Gasteiger partial charge in [0.15, 0.2) is 0 Å². The van der Waals surface area contributed by atoms with E-state index < -0.39 is 0 Å². The summed E-state index contributed by atoms with van der Waals surface area (Å²) in [7, 11) is 0. The van der Waals surface area contributed by atoms with Crippen LogP contribution in [0.4, 0.5) is 0 Å². The van der Waals surface area contributed by atoms with Crippen LogP contribution >= 0.6 is 11.6 Å². The van der Waals surface area contributed by atoms with E-state index in [-0.39, 0.29) is 0 Å². The Morgan fingerprint density at radius 1 is 1.17 bits per heavy atom. The molecular weight excluding hydrogens is 242 g/mol. The topological polar surface area (TPSA) is 12.0 Å². The molecule has 18 heavy (non-hydrogen) atoms. The molecule has 0 radical (unpaired) electrons. The largest absolute Gasteiger partial charge is 0.310 e. The maximum Gasteiger partial charge on any atom is 0.0266 e. The molecule has 1 aliphatic carbocycles.